The zero-order valence-electron chi connectivity index (χ0n) is 9.61. The molecule has 0 saturated heterocycles. The van der Waals surface area contributed by atoms with Crippen molar-refractivity contribution in [3.63, 3.8) is 0 Å². The Morgan fingerprint density at radius 3 is 2.82 bits per heavy atom. The second-order valence-corrected chi connectivity index (χ2v) is 5.92. The van der Waals surface area contributed by atoms with Gasteiger partial charge in [-0.05, 0) is 25.5 Å². The van der Waals surface area contributed by atoms with Crippen LogP contribution >= 0.6 is 23.1 Å². The molecule has 0 aliphatic carbocycles. The first-order valence-corrected chi connectivity index (χ1v) is 6.91. The molecule has 0 radical (unpaired) electrons. The third kappa shape index (κ3) is 2.86. The molecule has 0 aliphatic heterocycles. The highest BCUT2D eigenvalue weighted by molar-refractivity contribution is 8.01. The van der Waals surface area contributed by atoms with E-state index in [0.29, 0.717) is 4.90 Å². The Morgan fingerprint density at radius 1 is 1.47 bits per heavy atom. The summed E-state index contributed by atoms with van der Waals surface area (Å²) >= 11 is 2.86. The van der Waals surface area contributed by atoms with Gasteiger partial charge >= 0.3 is 0 Å². The van der Waals surface area contributed by atoms with E-state index in [1.807, 2.05) is 25.3 Å². The summed E-state index contributed by atoms with van der Waals surface area (Å²) in [6, 6.07) is 4.81. The van der Waals surface area contributed by atoms with Gasteiger partial charge in [-0.2, -0.15) is 0 Å². The van der Waals surface area contributed by atoms with E-state index in [0.717, 1.165) is 15.6 Å². The Hall–Kier alpha value is -0.910. The number of aryl methyl sites for hydroxylation is 1. The van der Waals surface area contributed by atoms with E-state index in [-0.39, 0.29) is 11.9 Å². The molecule has 1 heterocycles. The molecule has 17 heavy (non-hydrogen) atoms. The van der Waals surface area contributed by atoms with Gasteiger partial charge in [0.2, 0.25) is 0 Å². The van der Waals surface area contributed by atoms with Gasteiger partial charge in [-0.15, -0.1) is 11.3 Å². The summed E-state index contributed by atoms with van der Waals surface area (Å²) < 4.78 is 14.6. The molecule has 0 saturated carbocycles. The molecular formula is C12H13FN2S2. The van der Waals surface area contributed by atoms with Crippen LogP contribution in [0.2, 0.25) is 0 Å². The van der Waals surface area contributed by atoms with Gasteiger partial charge in [0.05, 0.1) is 4.90 Å². The van der Waals surface area contributed by atoms with Crippen molar-refractivity contribution in [2.45, 2.75) is 29.1 Å². The van der Waals surface area contributed by atoms with Crippen molar-refractivity contribution in [2.75, 3.05) is 0 Å². The van der Waals surface area contributed by atoms with E-state index in [1.165, 1.54) is 29.2 Å². The molecule has 2 rings (SSSR count). The van der Waals surface area contributed by atoms with Gasteiger partial charge in [-0.3, -0.25) is 0 Å². The summed E-state index contributed by atoms with van der Waals surface area (Å²) in [4.78, 5) is 4.90. The summed E-state index contributed by atoms with van der Waals surface area (Å²) in [5.74, 6) is -0.238. The molecule has 0 spiro atoms. The third-order valence-corrected chi connectivity index (χ3v) is 4.47. The maximum absolute atomic E-state index is 13.8. The van der Waals surface area contributed by atoms with Crippen molar-refractivity contribution in [1.82, 2.24) is 4.98 Å². The highest BCUT2D eigenvalue weighted by atomic mass is 32.2. The van der Waals surface area contributed by atoms with E-state index in [2.05, 4.69) is 4.98 Å². The molecule has 0 bridgehead atoms. The minimum Gasteiger partial charge on any atom is -0.324 e. The molecule has 2 N–H and O–H groups in total. The lowest BCUT2D eigenvalue weighted by molar-refractivity contribution is 0.591. The standard InChI is InChI=1S/C12H13FN2S2/c1-7-6-16-12(15-7)17-11-9(8(2)14)4-3-5-10(11)13/h3-6,8H,14H2,1-2H3. The van der Waals surface area contributed by atoms with Crippen molar-refractivity contribution in [1.29, 1.82) is 0 Å². The lowest BCUT2D eigenvalue weighted by Crippen LogP contribution is -2.07. The highest BCUT2D eigenvalue weighted by Crippen LogP contribution is 2.36. The van der Waals surface area contributed by atoms with Gasteiger partial charge in [-0.25, -0.2) is 9.37 Å². The van der Waals surface area contributed by atoms with Gasteiger partial charge in [0, 0.05) is 17.1 Å². The zero-order chi connectivity index (χ0) is 12.4. The predicted molar refractivity (Wildman–Crippen MR) is 70.0 cm³/mol. The Labute approximate surface area is 108 Å². The molecule has 1 atom stereocenters. The average molecular weight is 268 g/mol. The van der Waals surface area contributed by atoms with Crippen molar-refractivity contribution in [2.24, 2.45) is 5.73 Å². The van der Waals surface area contributed by atoms with E-state index in [9.17, 15) is 4.39 Å². The molecule has 1 aromatic carbocycles. The van der Waals surface area contributed by atoms with Crippen LogP contribution in [0.5, 0.6) is 0 Å². The molecular weight excluding hydrogens is 255 g/mol. The SMILES string of the molecule is Cc1csc(Sc2c(F)cccc2C(C)N)n1. The molecule has 5 heteroatoms. The number of hydrogen-bond acceptors (Lipinski definition) is 4. The van der Waals surface area contributed by atoms with Gasteiger partial charge < -0.3 is 5.73 Å². The number of halogens is 1. The van der Waals surface area contributed by atoms with E-state index >= 15 is 0 Å². The molecule has 1 aromatic heterocycles. The minimum atomic E-state index is -0.238. The van der Waals surface area contributed by atoms with Crippen LogP contribution in [0.25, 0.3) is 0 Å². The van der Waals surface area contributed by atoms with E-state index in [1.54, 1.807) is 6.07 Å². The first-order valence-electron chi connectivity index (χ1n) is 5.22. The molecule has 1 unspecified atom stereocenters. The van der Waals surface area contributed by atoms with Crippen molar-refractivity contribution in [3.05, 3.63) is 40.7 Å². The number of nitrogens with two attached hydrogens (primary N) is 1. The first-order chi connectivity index (χ1) is 8.08. The summed E-state index contributed by atoms with van der Waals surface area (Å²) in [6.45, 7) is 3.78. The third-order valence-electron chi connectivity index (χ3n) is 2.28. The predicted octanol–water partition coefficient (Wildman–Crippen LogP) is 3.76. The largest absolute Gasteiger partial charge is 0.324 e. The smallest absolute Gasteiger partial charge is 0.155 e. The monoisotopic (exact) mass is 268 g/mol. The lowest BCUT2D eigenvalue weighted by atomic mass is 10.1. The molecule has 2 aromatic rings. The summed E-state index contributed by atoms with van der Waals surface area (Å²) in [7, 11) is 0. The number of aromatic nitrogens is 1. The van der Waals surface area contributed by atoms with Gasteiger partial charge in [0.1, 0.15) is 5.82 Å². The minimum absolute atomic E-state index is 0.186. The van der Waals surface area contributed by atoms with Crippen LogP contribution in [0.3, 0.4) is 0 Å². The fraction of sp³-hybridized carbons (Fsp3) is 0.250. The van der Waals surface area contributed by atoms with Crippen molar-refractivity contribution >= 4 is 23.1 Å². The maximum Gasteiger partial charge on any atom is 0.155 e. The molecule has 90 valence electrons. The number of benzene rings is 1. The summed E-state index contributed by atoms with van der Waals surface area (Å²) in [6.07, 6.45) is 0. The van der Waals surface area contributed by atoms with Crippen LogP contribution < -0.4 is 5.73 Å². The van der Waals surface area contributed by atoms with Gasteiger partial charge in [0.25, 0.3) is 0 Å². The van der Waals surface area contributed by atoms with Crippen LogP contribution in [-0.2, 0) is 0 Å². The van der Waals surface area contributed by atoms with Crippen LogP contribution in [-0.4, -0.2) is 4.98 Å². The molecule has 0 aliphatic rings. The molecule has 0 fully saturated rings. The van der Waals surface area contributed by atoms with Crippen LogP contribution in [0.1, 0.15) is 24.2 Å². The summed E-state index contributed by atoms with van der Waals surface area (Å²) in [5, 5.41) is 1.95. The molecule has 0 amide bonds. The van der Waals surface area contributed by atoms with Crippen molar-refractivity contribution < 1.29 is 4.39 Å². The zero-order valence-corrected chi connectivity index (χ0v) is 11.2. The Kier molecular flexibility index (Phi) is 3.81. The van der Waals surface area contributed by atoms with E-state index in [4.69, 9.17) is 5.73 Å². The lowest BCUT2D eigenvalue weighted by Gasteiger charge is -2.11. The van der Waals surface area contributed by atoms with E-state index < -0.39 is 0 Å². The fourth-order valence-corrected chi connectivity index (χ4v) is 3.47. The molecule has 2 nitrogen and oxygen atoms in total. The topological polar surface area (TPSA) is 38.9 Å². The number of nitrogens with zero attached hydrogens (tertiary/aromatic N) is 1. The van der Waals surface area contributed by atoms with Gasteiger partial charge in [-0.1, -0.05) is 23.9 Å². The second-order valence-electron chi connectivity index (χ2n) is 3.80. The number of rotatable bonds is 3. The Bertz CT molecular complexity index is 523. The Morgan fingerprint density at radius 2 is 2.24 bits per heavy atom. The quantitative estimate of drug-likeness (QED) is 0.921. The highest BCUT2D eigenvalue weighted by Gasteiger charge is 2.14. The second kappa shape index (κ2) is 5.16. The van der Waals surface area contributed by atoms with Crippen LogP contribution in [0.15, 0.2) is 32.8 Å². The normalized spacial score (nSPS) is 12.7. The number of hydrogen-bond donors (Lipinski definition) is 1. The fourth-order valence-electron chi connectivity index (χ4n) is 1.46. The van der Waals surface area contributed by atoms with Gasteiger partial charge in [0.15, 0.2) is 4.34 Å². The maximum atomic E-state index is 13.8. The van der Waals surface area contributed by atoms with Crippen LogP contribution in [0.4, 0.5) is 4.39 Å². The van der Waals surface area contributed by atoms with Crippen molar-refractivity contribution in [3.8, 4) is 0 Å². The average Bonchev–Trinajstić information content (AvgIpc) is 2.67. The summed E-state index contributed by atoms with van der Waals surface area (Å²) in [5.41, 5.74) is 7.62. The number of thiazole rings is 1. The first kappa shape index (κ1) is 12.5. The Balaban J connectivity index is 2.37. The van der Waals surface area contributed by atoms with Crippen LogP contribution in [0, 0.1) is 12.7 Å².